The zero-order valence-corrected chi connectivity index (χ0v) is 19.5. The number of aliphatic hydroxyl groups is 1. The van der Waals surface area contributed by atoms with E-state index in [0.29, 0.717) is 26.1 Å². The lowest BCUT2D eigenvalue weighted by atomic mass is 9.56. The van der Waals surface area contributed by atoms with Gasteiger partial charge in [-0.1, -0.05) is 26.8 Å². The molecule has 1 saturated carbocycles. The van der Waals surface area contributed by atoms with Crippen LogP contribution in [0.3, 0.4) is 0 Å². The van der Waals surface area contributed by atoms with Gasteiger partial charge in [-0.25, -0.2) is 0 Å². The predicted octanol–water partition coefficient (Wildman–Crippen LogP) is 4.39. The molecule has 2 aliphatic carbocycles. The van der Waals surface area contributed by atoms with Gasteiger partial charge in [0.2, 0.25) is 0 Å². The van der Waals surface area contributed by atoms with E-state index in [1.54, 1.807) is 0 Å². The molecule has 1 aliphatic heterocycles. The van der Waals surface area contributed by atoms with E-state index in [-0.39, 0.29) is 23.0 Å². The lowest BCUT2D eigenvalue weighted by molar-refractivity contribution is -0.166. The van der Waals surface area contributed by atoms with Crippen LogP contribution >= 0.6 is 0 Å². The third-order valence-corrected chi connectivity index (χ3v) is 12.1. The third kappa shape index (κ3) is 3.84. The second-order valence-corrected chi connectivity index (χ2v) is 15.8. The molecule has 3 aliphatic rings. The lowest BCUT2D eigenvalue weighted by Gasteiger charge is -2.54. The molecule has 2 fully saturated rings. The summed E-state index contributed by atoms with van der Waals surface area (Å²) in [7, 11) is -2.05. The van der Waals surface area contributed by atoms with Gasteiger partial charge in [-0.2, -0.15) is 5.26 Å². The van der Waals surface area contributed by atoms with Gasteiger partial charge in [0.25, 0.3) is 0 Å². The summed E-state index contributed by atoms with van der Waals surface area (Å²) in [6, 6.07) is 2.61. The highest BCUT2D eigenvalue weighted by molar-refractivity contribution is 6.74. The molecular formula is C22H37NO4Si. The van der Waals surface area contributed by atoms with Crippen LogP contribution in [0.25, 0.3) is 0 Å². The van der Waals surface area contributed by atoms with Gasteiger partial charge >= 0.3 is 0 Å². The average molecular weight is 408 g/mol. The summed E-state index contributed by atoms with van der Waals surface area (Å²) >= 11 is 0. The van der Waals surface area contributed by atoms with Gasteiger partial charge < -0.3 is 19.0 Å². The molecule has 158 valence electrons. The molecule has 1 heterocycles. The Morgan fingerprint density at radius 3 is 2.21 bits per heavy atom. The maximum Gasteiger partial charge on any atom is 0.192 e. The summed E-state index contributed by atoms with van der Waals surface area (Å²) in [4.78, 5) is 0. The topological polar surface area (TPSA) is 71.7 Å². The summed E-state index contributed by atoms with van der Waals surface area (Å²) in [5, 5.41) is 21.1. The lowest BCUT2D eigenvalue weighted by Crippen LogP contribution is -2.57. The summed E-state index contributed by atoms with van der Waals surface area (Å²) < 4.78 is 18.8. The summed E-state index contributed by atoms with van der Waals surface area (Å²) in [5.41, 5.74) is -1.51. The number of nitriles is 1. The van der Waals surface area contributed by atoms with Gasteiger partial charge in [-0.15, -0.1) is 0 Å². The quantitative estimate of drug-likeness (QED) is 0.555. The van der Waals surface area contributed by atoms with Crippen molar-refractivity contribution in [2.24, 2.45) is 17.3 Å². The largest absolute Gasteiger partial charge is 0.414 e. The fourth-order valence-electron chi connectivity index (χ4n) is 4.65. The molecule has 0 aromatic heterocycles. The maximum absolute atomic E-state index is 10.8. The number of allylic oxidation sites excluding steroid dienone is 1. The smallest absolute Gasteiger partial charge is 0.192 e. The van der Waals surface area contributed by atoms with Crippen LogP contribution in [0.1, 0.15) is 53.9 Å². The molecular weight excluding hydrogens is 370 g/mol. The third-order valence-electron chi connectivity index (χ3n) is 7.59. The van der Waals surface area contributed by atoms with E-state index in [1.807, 2.05) is 26.0 Å². The highest BCUT2D eigenvalue weighted by Gasteiger charge is 2.58. The van der Waals surface area contributed by atoms with Crippen molar-refractivity contribution in [3.05, 3.63) is 12.2 Å². The molecule has 4 atom stereocenters. The molecule has 3 rings (SSSR count). The van der Waals surface area contributed by atoms with E-state index >= 15 is 0 Å². The van der Waals surface area contributed by atoms with Crippen molar-refractivity contribution in [1.82, 2.24) is 0 Å². The Bertz CT molecular complexity index is 663. The Morgan fingerprint density at radius 1 is 1.11 bits per heavy atom. The molecule has 0 amide bonds. The van der Waals surface area contributed by atoms with E-state index in [0.717, 1.165) is 6.42 Å². The van der Waals surface area contributed by atoms with Crippen LogP contribution < -0.4 is 0 Å². The Morgan fingerprint density at radius 2 is 1.71 bits per heavy atom. The van der Waals surface area contributed by atoms with E-state index in [2.05, 4.69) is 39.9 Å². The Kier molecular flexibility index (Phi) is 5.43. The van der Waals surface area contributed by atoms with Crippen LogP contribution in [-0.4, -0.2) is 44.1 Å². The molecule has 28 heavy (non-hydrogen) atoms. The van der Waals surface area contributed by atoms with Crippen molar-refractivity contribution in [2.75, 3.05) is 13.2 Å². The van der Waals surface area contributed by atoms with E-state index in [1.165, 1.54) is 0 Å². The second kappa shape index (κ2) is 6.92. The molecule has 1 N–H and O–H groups in total. The molecule has 0 radical (unpaired) electrons. The molecule has 6 heteroatoms. The zero-order valence-electron chi connectivity index (χ0n) is 18.5. The highest BCUT2D eigenvalue weighted by Crippen LogP contribution is 2.56. The minimum Gasteiger partial charge on any atom is -0.414 e. The van der Waals surface area contributed by atoms with Gasteiger partial charge in [-0.05, 0) is 56.8 Å². The monoisotopic (exact) mass is 407 g/mol. The molecule has 1 saturated heterocycles. The summed E-state index contributed by atoms with van der Waals surface area (Å²) in [5.74, 6) is -0.725. The second-order valence-electron chi connectivity index (χ2n) is 11.0. The first-order valence-corrected chi connectivity index (χ1v) is 13.4. The number of ether oxygens (including phenoxy) is 2. The number of rotatable bonds is 3. The fraction of sp³-hybridized carbons (Fsp3) is 0.864. The minimum absolute atomic E-state index is 0.00211. The number of fused-ring (bicyclic) bond motifs is 1. The van der Waals surface area contributed by atoms with Crippen LogP contribution in [0.4, 0.5) is 0 Å². The molecule has 5 nitrogen and oxygen atoms in total. The van der Waals surface area contributed by atoms with Crippen molar-refractivity contribution in [2.45, 2.75) is 89.5 Å². The maximum atomic E-state index is 10.8. The van der Waals surface area contributed by atoms with Gasteiger partial charge in [0.05, 0.1) is 36.4 Å². The number of nitrogens with zero attached hydrogens (tertiary/aromatic N) is 1. The molecule has 0 aromatic carbocycles. The normalized spacial score (nSPS) is 35.6. The predicted molar refractivity (Wildman–Crippen MR) is 111 cm³/mol. The van der Waals surface area contributed by atoms with Crippen molar-refractivity contribution in [3.63, 3.8) is 0 Å². The van der Waals surface area contributed by atoms with Crippen molar-refractivity contribution < 1.29 is 19.0 Å². The fourth-order valence-corrected chi connectivity index (χ4v) is 6.02. The minimum atomic E-state index is -2.05. The van der Waals surface area contributed by atoms with Gasteiger partial charge in [0.1, 0.15) is 0 Å². The molecule has 0 aromatic rings. The first kappa shape index (κ1) is 22.0. The molecule has 0 bridgehead atoms. The zero-order chi connectivity index (χ0) is 21.0. The van der Waals surface area contributed by atoms with Crippen LogP contribution in [0, 0.1) is 28.6 Å². The highest BCUT2D eigenvalue weighted by atomic mass is 28.4. The Labute approximate surface area is 171 Å². The Balaban J connectivity index is 2.01. The molecule has 1 spiro atoms. The van der Waals surface area contributed by atoms with Crippen LogP contribution in [0.15, 0.2) is 12.2 Å². The van der Waals surface area contributed by atoms with E-state index < -0.39 is 25.1 Å². The summed E-state index contributed by atoms with van der Waals surface area (Å²) in [6.45, 7) is 16.1. The van der Waals surface area contributed by atoms with E-state index in [4.69, 9.17) is 13.9 Å². The molecule has 0 unspecified atom stereocenters. The number of hydrogen-bond donors (Lipinski definition) is 1. The standard InChI is InChI=1S/C22H37NO4Si/c1-19(2,3)28(6,7)27-18-12-16(20(4,5)24)13-21(15-23)8-9-22(14-17(18)21)25-10-11-26-22/h8-9,16-18,24H,10-14H2,1-7H3/t16-,17-,18+,21+/m1/s1. The average Bonchev–Trinajstić information content (AvgIpc) is 3.01. The van der Waals surface area contributed by atoms with E-state index in [9.17, 15) is 10.4 Å². The van der Waals surface area contributed by atoms with Crippen LogP contribution in [0.5, 0.6) is 0 Å². The first-order valence-electron chi connectivity index (χ1n) is 10.5. The van der Waals surface area contributed by atoms with Gasteiger partial charge in [0.15, 0.2) is 14.1 Å². The summed E-state index contributed by atoms with van der Waals surface area (Å²) in [6.07, 6.45) is 5.87. The van der Waals surface area contributed by atoms with Gasteiger partial charge in [-0.3, -0.25) is 0 Å². The first-order chi connectivity index (χ1) is 12.7. The SMILES string of the molecule is CC(C)(O)[C@@H]1C[C@H](O[Si](C)(C)C(C)(C)C)[C@H]2CC3(C=C[C@@]2(C#N)C1)OCCO3. The van der Waals surface area contributed by atoms with Gasteiger partial charge in [0, 0.05) is 12.3 Å². The van der Waals surface area contributed by atoms with Crippen molar-refractivity contribution in [1.29, 1.82) is 5.26 Å². The van der Waals surface area contributed by atoms with Crippen molar-refractivity contribution >= 4 is 8.32 Å². The Hall–Kier alpha value is -0.713. The van der Waals surface area contributed by atoms with Crippen molar-refractivity contribution in [3.8, 4) is 6.07 Å². The van der Waals surface area contributed by atoms with Crippen LogP contribution in [0.2, 0.25) is 18.1 Å². The number of hydrogen-bond acceptors (Lipinski definition) is 5. The van der Waals surface area contributed by atoms with Crippen LogP contribution in [-0.2, 0) is 13.9 Å².